The number of hydrogen-bond acceptors (Lipinski definition) is 6. The van der Waals surface area contributed by atoms with Gasteiger partial charge < -0.3 is 23.7 Å². The van der Waals surface area contributed by atoms with Crippen molar-refractivity contribution in [2.24, 2.45) is 5.92 Å². The highest BCUT2D eigenvalue weighted by atomic mass is 79.9. The van der Waals surface area contributed by atoms with Gasteiger partial charge in [-0.15, -0.1) is 11.3 Å². The van der Waals surface area contributed by atoms with Crippen LogP contribution in [-0.4, -0.2) is 55.3 Å². The first-order valence-corrected chi connectivity index (χ1v) is 12.6. The minimum Gasteiger partial charge on any atom is -0.497 e. The van der Waals surface area contributed by atoms with E-state index < -0.39 is 0 Å². The number of rotatable bonds is 7. The molecule has 1 aliphatic heterocycles. The van der Waals surface area contributed by atoms with Gasteiger partial charge in [-0.2, -0.15) is 0 Å². The quantitative estimate of drug-likeness (QED) is 0.401. The molecule has 0 bridgehead atoms. The first kappa shape index (κ1) is 23.6. The molecule has 176 valence electrons. The fourth-order valence-electron chi connectivity index (χ4n) is 4.29. The standard InChI is InChI=1S/C24H27BrN2O5S/c1-4-32-24(29)16-6-5-7-26(13-16)23(28)20-11-21-22(19(25)14-33-21)27(20)12-15-8-17(30-2)10-18(9-15)31-3/h8-11,14,16H,4-7,12-13H2,1-3H3. The highest BCUT2D eigenvalue weighted by Gasteiger charge is 2.31. The highest BCUT2D eigenvalue weighted by molar-refractivity contribution is 9.10. The van der Waals surface area contributed by atoms with Gasteiger partial charge in [-0.05, 0) is 59.5 Å². The zero-order chi connectivity index (χ0) is 23.5. The van der Waals surface area contributed by atoms with Gasteiger partial charge in [0.25, 0.3) is 5.91 Å². The summed E-state index contributed by atoms with van der Waals surface area (Å²) in [4.78, 5) is 27.7. The van der Waals surface area contributed by atoms with Crippen molar-refractivity contribution in [3.8, 4) is 11.5 Å². The number of fused-ring (bicyclic) bond motifs is 1. The number of aromatic nitrogens is 1. The third kappa shape index (κ3) is 4.89. The number of carbonyl (C=O) groups is 2. The van der Waals surface area contributed by atoms with Gasteiger partial charge in [-0.1, -0.05) is 0 Å². The maximum absolute atomic E-state index is 13.7. The molecule has 0 N–H and O–H groups in total. The van der Waals surface area contributed by atoms with Gasteiger partial charge in [0.1, 0.15) is 17.2 Å². The number of esters is 1. The number of piperidine rings is 1. The van der Waals surface area contributed by atoms with Crippen LogP contribution in [0.1, 0.15) is 35.8 Å². The van der Waals surface area contributed by atoms with Gasteiger partial charge in [0.2, 0.25) is 0 Å². The van der Waals surface area contributed by atoms with Gasteiger partial charge in [0.15, 0.2) is 0 Å². The van der Waals surface area contributed by atoms with E-state index in [1.807, 2.05) is 34.2 Å². The van der Waals surface area contributed by atoms with E-state index in [4.69, 9.17) is 14.2 Å². The zero-order valence-corrected chi connectivity index (χ0v) is 21.3. The van der Waals surface area contributed by atoms with E-state index in [9.17, 15) is 9.59 Å². The summed E-state index contributed by atoms with van der Waals surface area (Å²) in [6, 6.07) is 7.66. The number of likely N-dealkylation sites (tertiary alicyclic amines) is 1. The molecule has 33 heavy (non-hydrogen) atoms. The smallest absolute Gasteiger partial charge is 0.310 e. The Kier molecular flexibility index (Phi) is 7.29. The summed E-state index contributed by atoms with van der Waals surface area (Å²) in [6.07, 6.45) is 1.52. The summed E-state index contributed by atoms with van der Waals surface area (Å²) < 4.78 is 20.1. The molecule has 2 aromatic heterocycles. The van der Waals surface area contributed by atoms with Crippen LogP contribution in [0.15, 0.2) is 34.1 Å². The fraction of sp³-hybridized carbons (Fsp3) is 0.417. The number of halogens is 1. The maximum Gasteiger partial charge on any atom is 0.310 e. The lowest BCUT2D eigenvalue weighted by Gasteiger charge is -2.31. The van der Waals surface area contributed by atoms with Gasteiger partial charge in [-0.3, -0.25) is 9.59 Å². The van der Waals surface area contributed by atoms with E-state index in [0.29, 0.717) is 43.4 Å². The predicted molar refractivity (Wildman–Crippen MR) is 131 cm³/mol. The van der Waals surface area contributed by atoms with Gasteiger partial charge in [0, 0.05) is 31.1 Å². The minimum atomic E-state index is -0.276. The van der Waals surface area contributed by atoms with Crippen LogP contribution in [0.4, 0.5) is 0 Å². The highest BCUT2D eigenvalue weighted by Crippen LogP contribution is 2.35. The minimum absolute atomic E-state index is 0.0749. The Morgan fingerprint density at radius 2 is 1.88 bits per heavy atom. The average molecular weight is 535 g/mol. The van der Waals surface area contributed by atoms with Crippen molar-refractivity contribution < 1.29 is 23.8 Å². The molecule has 3 heterocycles. The molecule has 1 aliphatic rings. The fourth-order valence-corrected chi connectivity index (χ4v) is 5.98. The first-order chi connectivity index (χ1) is 15.9. The summed E-state index contributed by atoms with van der Waals surface area (Å²) >= 11 is 5.23. The number of ether oxygens (including phenoxy) is 3. The van der Waals surface area contributed by atoms with Crippen LogP contribution >= 0.6 is 27.3 Å². The van der Waals surface area contributed by atoms with Crippen molar-refractivity contribution in [3.63, 3.8) is 0 Å². The van der Waals surface area contributed by atoms with Crippen LogP contribution in [0.5, 0.6) is 11.5 Å². The number of hydrogen-bond donors (Lipinski definition) is 0. The SMILES string of the molecule is CCOC(=O)C1CCCN(C(=O)c2cc3scc(Br)c3n2Cc2cc(OC)cc(OC)c2)C1. The second kappa shape index (κ2) is 10.2. The molecule has 4 rings (SSSR count). The third-order valence-electron chi connectivity index (χ3n) is 5.88. The molecule has 0 radical (unpaired) electrons. The number of carbonyl (C=O) groups excluding carboxylic acids is 2. The summed E-state index contributed by atoms with van der Waals surface area (Å²) in [5, 5.41) is 2.03. The van der Waals surface area contributed by atoms with Crippen LogP contribution in [-0.2, 0) is 16.1 Å². The summed E-state index contributed by atoms with van der Waals surface area (Å²) in [6.45, 7) is 3.63. The molecule has 0 spiro atoms. The number of benzene rings is 1. The summed E-state index contributed by atoms with van der Waals surface area (Å²) in [5.74, 6) is 0.810. The van der Waals surface area contributed by atoms with Crippen LogP contribution in [0, 0.1) is 5.92 Å². The number of nitrogens with zero attached hydrogens (tertiary/aromatic N) is 2. The number of methoxy groups -OCH3 is 2. The first-order valence-electron chi connectivity index (χ1n) is 10.9. The molecule has 1 aromatic carbocycles. The van der Waals surface area contributed by atoms with Crippen LogP contribution in [0.3, 0.4) is 0 Å². The van der Waals surface area contributed by atoms with E-state index >= 15 is 0 Å². The molecule has 1 saturated heterocycles. The molecule has 3 aromatic rings. The molecule has 1 unspecified atom stereocenters. The molecule has 0 aliphatic carbocycles. The van der Waals surface area contributed by atoms with Crippen molar-refractivity contribution in [1.82, 2.24) is 9.47 Å². The van der Waals surface area contributed by atoms with Crippen LogP contribution in [0.25, 0.3) is 10.2 Å². The Morgan fingerprint density at radius 3 is 2.55 bits per heavy atom. The van der Waals surface area contributed by atoms with Crippen LogP contribution in [0.2, 0.25) is 0 Å². The van der Waals surface area contributed by atoms with Crippen molar-refractivity contribution in [3.05, 3.63) is 45.4 Å². The lowest BCUT2D eigenvalue weighted by atomic mass is 9.98. The Hall–Kier alpha value is -2.52. The van der Waals surface area contributed by atoms with Crippen molar-refractivity contribution in [1.29, 1.82) is 0 Å². The lowest BCUT2D eigenvalue weighted by molar-refractivity contribution is -0.149. The Morgan fingerprint density at radius 1 is 1.15 bits per heavy atom. The van der Waals surface area contributed by atoms with Crippen LogP contribution < -0.4 is 9.47 Å². The Balaban J connectivity index is 1.68. The van der Waals surface area contributed by atoms with Gasteiger partial charge in [-0.25, -0.2) is 0 Å². The molecule has 1 amide bonds. The van der Waals surface area contributed by atoms with E-state index in [0.717, 1.165) is 33.1 Å². The number of amides is 1. The van der Waals surface area contributed by atoms with E-state index in [1.54, 1.807) is 37.4 Å². The van der Waals surface area contributed by atoms with Crippen molar-refractivity contribution in [2.45, 2.75) is 26.3 Å². The van der Waals surface area contributed by atoms with Crippen molar-refractivity contribution in [2.75, 3.05) is 33.9 Å². The molecule has 1 atom stereocenters. The molecular formula is C24H27BrN2O5S. The van der Waals surface area contributed by atoms with Gasteiger partial charge >= 0.3 is 5.97 Å². The second-order valence-electron chi connectivity index (χ2n) is 7.98. The summed E-state index contributed by atoms with van der Waals surface area (Å²) in [5.41, 5.74) is 2.53. The molecule has 0 saturated carbocycles. The topological polar surface area (TPSA) is 70.0 Å². The largest absolute Gasteiger partial charge is 0.497 e. The second-order valence-corrected chi connectivity index (χ2v) is 9.74. The molecular weight excluding hydrogens is 508 g/mol. The van der Waals surface area contributed by atoms with E-state index in [-0.39, 0.29) is 17.8 Å². The average Bonchev–Trinajstić information content (AvgIpc) is 3.38. The Labute approximate surface area is 205 Å². The summed E-state index contributed by atoms with van der Waals surface area (Å²) in [7, 11) is 3.24. The number of thiophene rings is 1. The Bertz CT molecular complexity index is 1150. The third-order valence-corrected chi connectivity index (χ3v) is 7.70. The molecule has 7 nitrogen and oxygen atoms in total. The zero-order valence-electron chi connectivity index (χ0n) is 18.9. The van der Waals surface area contributed by atoms with Gasteiger partial charge in [0.05, 0.1) is 41.4 Å². The van der Waals surface area contributed by atoms with Crippen molar-refractivity contribution >= 4 is 49.4 Å². The monoisotopic (exact) mass is 534 g/mol. The van der Waals surface area contributed by atoms with E-state index in [1.165, 1.54) is 0 Å². The molecule has 1 fully saturated rings. The normalized spacial score (nSPS) is 16.1. The lowest BCUT2D eigenvalue weighted by Crippen LogP contribution is -2.43. The molecule has 9 heteroatoms. The maximum atomic E-state index is 13.7. The predicted octanol–water partition coefficient (Wildman–Crippen LogP) is 4.95. The van der Waals surface area contributed by atoms with E-state index in [2.05, 4.69) is 15.9 Å².